The maximum atomic E-state index is 12.3. The first kappa shape index (κ1) is 14.5. The quantitative estimate of drug-likeness (QED) is 0.842. The number of rotatable bonds is 6. The Morgan fingerprint density at radius 1 is 1.53 bits per heavy atom. The predicted molar refractivity (Wildman–Crippen MR) is 71.2 cm³/mol. The smallest absolute Gasteiger partial charge is 0.261 e. The van der Waals surface area contributed by atoms with Crippen LogP contribution < -0.4 is 0 Å². The van der Waals surface area contributed by atoms with Crippen LogP contribution in [0.5, 0.6) is 0 Å². The van der Waals surface area contributed by atoms with Gasteiger partial charge in [0, 0.05) is 25.8 Å². The normalized spacial score (nSPS) is 18.2. The molecule has 0 radical (unpaired) electrons. The molecule has 7 heteroatoms. The van der Waals surface area contributed by atoms with Crippen molar-refractivity contribution in [3.63, 3.8) is 0 Å². The molecule has 0 aliphatic heterocycles. The fourth-order valence-electron chi connectivity index (χ4n) is 1.88. The molecule has 1 saturated carbocycles. The van der Waals surface area contributed by atoms with Gasteiger partial charge in [-0.2, -0.15) is 4.31 Å². The van der Waals surface area contributed by atoms with Crippen LogP contribution in [0.25, 0.3) is 0 Å². The molecule has 1 N–H and O–H groups in total. The van der Waals surface area contributed by atoms with Crippen LogP contribution in [0.3, 0.4) is 0 Å². The van der Waals surface area contributed by atoms with E-state index < -0.39 is 16.1 Å². The molecule has 1 aromatic rings. The number of hydrogen-bond donors (Lipinski definition) is 1. The predicted octanol–water partition coefficient (Wildman–Crippen LogP) is 0.855. The number of hydrogen-bond acceptors (Lipinski definition) is 4. The van der Waals surface area contributed by atoms with E-state index in [0.717, 1.165) is 12.8 Å². The molecule has 0 saturated heterocycles. The summed E-state index contributed by atoms with van der Waals surface area (Å²) in [5.41, 5.74) is 0. The van der Waals surface area contributed by atoms with E-state index in [1.165, 1.54) is 23.9 Å². The van der Waals surface area contributed by atoms with Crippen molar-refractivity contribution < 1.29 is 13.5 Å². The molecule has 0 spiro atoms. The molecule has 108 valence electrons. The van der Waals surface area contributed by atoms with Gasteiger partial charge in [-0.3, -0.25) is 0 Å². The minimum absolute atomic E-state index is 0.0340. The zero-order chi connectivity index (χ0) is 14.2. The SMILES string of the molecule is CC(C)n1cnc(S(=O)(=O)N(C)C[C@@H](O)C2CC2)c1. The molecular weight excluding hydrogens is 266 g/mol. The molecule has 1 fully saturated rings. The van der Waals surface area contributed by atoms with E-state index in [1.54, 1.807) is 4.57 Å². The summed E-state index contributed by atoms with van der Waals surface area (Å²) in [6.07, 6.45) is 4.43. The zero-order valence-corrected chi connectivity index (χ0v) is 12.3. The molecule has 2 rings (SSSR count). The molecule has 6 nitrogen and oxygen atoms in total. The largest absolute Gasteiger partial charge is 0.391 e. The molecule has 0 unspecified atom stereocenters. The number of imidazole rings is 1. The van der Waals surface area contributed by atoms with Crippen molar-refractivity contribution in [1.82, 2.24) is 13.9 Å². The Morgan fingerprint density at radius 2 is 2.16 bits per heavy atom. The van der Waals surface area contributed by atoms with Crippen molar-refractivity contribution in [3.8, 4) is 0 Å². The van der Waals surface area contributed by atoms with Gasteiger partial charge in [0.2, 0.25) is 0 Å². The Morgan fingerprint density at radius 3 is 2.63 bits per heavy atom. The summed E-state index contributed by atoms with van der Waals surface area (Å²) < 4.78 is 27.5. The zero-order valence-electron chi connectivity index (χ0n) is 11.5. The number of likely N-dealkylation sites (N-methyl/N-ethyl adjacent to an activating group) is 1. The van der Waals surface area contributed by atoms with Gasteiger partial charge in [0.15, 0.2) is 5.03 Å². The molecule has 1 heterocycles. The van der Waals surface area contributed by atoms with Crippen molar-refractivity contribution in [3.05, 3.63) is 12.5 Å². The second-order valence-corrected chi connectivity index (χ2v) is 7.43. The van der Waals surface area contributed by atoms with Crippen LogP contribution in [0.4, 0.5) is 0 Å². The van der Waals surface area contributed by atoms with Crippen molar-refractivity contribution in [2.75, 3.05) is 13.6 Å². The summed E-state index contributed by atoms with van der Waals surface area (Å²) in [7, 11) is -2.13. The highest BCUT2D eigenvalue weighted by molar-refractivity contribution is 7.89. The first-order valence-corrected chi connectivity index (χ1v) is 7.94. The molecule has 0 aromatic carbocycles. The fourth-order valence-corrected chi connectivity index (χ4v) is 2.99. The Hall–Kier alpha value is -0.920. The third-order valence-corrected chi connectivity index (χ3v) is 5.17. The lowest BCUT2D eigenvalue weighted by atomic mass is 10.2. The minimum Gasteiger partial charge on any atom is -0.391 e. The number of aromatic nitrogens is 2. The van der Waals surface area contributed by atoms with Crippen LogP contribution in [-0.2, 0) is 10.0 Å². The molecule has 0 amide bonds. The Bertz CT molecular complexity index is 534. The van der Waals surface area contributed by atoms with E-state index >= 15 is 0 Å². The van der Waals surface area contributed by atoms with Gasteiger partial charge in [0.25, 0.3) is 10.0 Å². The van der Waals surface area contributed by atoms with Gasteiger partial charge in [-0.25, -0.2) is 13.4 Å². The second-order valence-electron chi connectivity index (χ2n) is 5.44. The third-order valence-electron chi connectivity index (χ3n) is 3.46. The summed E-state index contributed by atoms with van der Waals surface area (Å²) in [5, 5.41) is 9.87. The van der Waals surface area contributed by atoms with Crippen LogP contribution in [0.2, 0.25) is 0 Å². The molecule has 1 aromatic heterocycles. The van der Waals surface area contributed by atoms with Crippen LogP contribution in [0, 0.1) is 5.92 Å². The second kappa shape index (κ2) is 5.22. The van der Waals surface area contributed by atoms with Crippen molar-refractivity contribution in [2.45, 2.75) is 43.9 Å². The summed E-state index contributed by atoms with van der Waals surface area (Å²) in [4.78, 5) is 3.95. The van der Waals surface area contributed by atoms with Crippen LogP contribution in [0.1, 0.15) is 32.7 Å². The van der Waals surface area contributed by atoms with E-state index in [9.17, 15) is 13.5 Å². The summed E-state index contributed by atoms with van der Waals surface area (Å²) in [5.74, 6) is 0.255. The molecule has 19 heavy (non-hydrogen) atoms. The lowest BCUT2D eigenvalue weighted by Crippen LogP contribution is -2.35. The van der Waals surface area contributed by atoms with Gasteiger partial charge in [-0.05, 0) is 32.6 Å². The summed E-state index contributed by atoms with van der Waals surface area (Å²) in [6, 6.07) is 0.166. The van der Waals surface area contributed by atoms with Crippen molar-refractivity contribution >= 4 is 10.0 Å². The number of aliphatic hydroxyl groups excluding tert-OH is 1. The van der Waals surface area contributed by atoms with E-state index in [1.807, 2.05) is 13.8 Å². The summed E-state index contributed by atoms with van der Waals surface area (Å²) in [6.45, 7) is 4.04. The lowest BCUT2D eigenvalue weighted by molar-refractivity contribution is 0.131. The van der Waals surface area contributed by atoms with E-state index in [0.29, 0.717) is 0 Å². The monoisotopic (exact) mass is 287 g/mol. The molecule has 1 aliphatic rings. The topological polar surface area (TPSA) is 75.4 Å². The van der Waals surface area contributed by atoms with Crippen LogP contribution >= 0.6 is 0 Å². The van der Waals surface area contributed by atoms with Gasteiger partial charge in [0.05, 0.1) is 12.4 Å². The Labute approximate surface area is 114 Å². The maximum Gasteiger partial charge on any atom is 0.261 e. The summed E-state index contributed by atoms with van der Waals surface area (Å²) >= 11 is 0. The van der Waals surface area contributed by atoms with E-state index in [-0.39, 0.29) is 23.5 Å². The first-order valence-electron chi connectivity index (χ1n) is 6.50. The third kappa shape index (κ3) is 3.16. The van der Waals surface area contributed by atoms with Gasteiger partial charge in [-0.1, -0.05) is 0 Å². The maximum absolute atomic E-state index is 12.3. The van der Waals surface area contributed by atoms with Gasteiger partial charge >= 0.3 is 0 Å². The highest BCUT2D eigenvalue weighted by atomic mass is 32.2. The molecular formula is C12H21N3O3S. The number of sulfonamides is 1. The van der Waals surface area contributed by atoms with Gasteiger partial charge in [-0.15, -0.1) is 0 Å². The lowest BCUT2D eigenvalue weighted by Gasteiger charge is -2.19. The average molecular weight is 287 g/mol. The highest BCUT2D eigenvalue weighted by Gasteiger charge is 2.33. The molecule has 1 aliphatic carbocycles. The first-order chi connectivity index (χ1) is 8.82. The number of aliphatic hydroxyl groups is 1. The molecule has 0 bridgehead atoms. The van der Waals surface area contributed by atoms with Gasteiger partial charge < -0.3 is 9.67 Å². The van der Waals surface area contributed by atoms with E-state index in [4.69, 9.17) is 0 Å². The van der Waals surface area contributed by atoms with E-state index in [2.05, 4.69) is 4.98 Å². The Kier molecular flexibility index (Phi) is 3.98. The van der Waals surface area contributed by atoms with Gasteiger partial charge in [0.1, 0.15) is 0 Å². The highest BCUT2D eigenvalue weighted by Crippen LogP contribution is 2.33. The average Bonchev–Trinajstić information content (AvgIpc) is 3.05. The standard InChI is InChI=1S/C12H21N3O3S/c1-9(2)15-7-12(13-8-15)19(17,18)14(3)6-11(16)10-4-5-10/h7-11,16H,4-6H2,1-3H3/t11-/m1/s1. The minimum atomic E-state index is -3.61. The Balaban J connectivity index is 2.10. The fraction of sp³-hybridized carbons (Fsp3) is 0.750. The number of nitrogens with zero attached hydrogens (tertiary/aromatic N) is 3. The van der Waals surface area contributed by atoms with Crippen molar-refractivity contribution in [2.24, 2.45) is 5.92 Å². The van der Waals surface area contributed by atoms with Crippen LogP contribution in [-0.4, -0.2) is 47.1 Å². The molecule has 1 atom stereocenters. The van der Waals surface area contributed by atoms with Crippen LogP contribution in [0.15, 0.2) is 17.6 Å². The van der Waals surface area contributed by atoms with Crippen molar-refractivity contribution in [1.29, 1.82) is 0 Å².